The van der Waals surface area contributed by atoms with Crippen LogP contribution in [0.3, 0.4) is 0 Å². The summed E-state index contributed by atoms with van der Waals surface area (Å²) in [5.74, 6) is -0.525. The van der Waals surface area contributed by atoms with Gasteiger partial charge >= 0.3 is 0 Å². The van der Waals surface area contributed by atoms with Gasteiger partial charge in [0.1, 0.15) is 0 Å². The Kier molecular flexibility index (Phi) is 3.66. The van der Waals surface area contributed by atoms with E-state index in [1.165, 1.54) is 5.56 Å². The van der Waals surface area contributed by atoms with Crippen molar-refractivity contribution in [2.24, 2.45) is 5.73 Å². The molecule has 0 spiro atoms. The van der Waals surface area contributed by atoms with E-state index >= 15 is 0 Å². The lowest BCUT2D eigenvalue weighted by atomic mass is 10.0. The van der Waals surface area contributed by atoms with E-state index in [9.17, 15) is 4.79 Å². The van der Waals surface area contributed by atoms with Crippen LogP contribution in [-0.2, 0) is 0 Å². The minimum atomic E-state index is -0.525. The van der Waals surface area contributed by atoms with Crippen LogP contribution in [0.4, 0.5) is 17.1 Å². The fourth-order valence-electron chi connectivity index (χ4n) is 2.40. The third-order valence-corrected chi connectivity index (χ3v) is 3.31. The van der Waals surface area contributed by atoms with Gasteiger partial charge in [0.15, 0.2) is 0 Å². The van der Waals surface area contributed by atoms with Gasteiger partial charge < -0.3 is 16.8 Å². The van der Waals surface area contributed by atoms with Crippen LogP contribution >= 0.6 is 0 Å². The smallest absolute Gasteiger partial charge is 0.250 e. The number of amides is 1. The van der Waals surface area contributed by atoms with Crippen molar-refractivity contribution in [1.82, 2.24) is 0 Å². The first-order valence-electron chi connectivity index (χ1n) is 6.43. The molecule has 0 aliphatic carbocycles. The summed E-state index contributed by atoms with van der Waals surface area (Å²) in [4.78, 5) is 11.3. The molecule has 0 atom stereocenters. The van der Waals surface area contributed by atoms with Crippen LogP contribution in [0.5, 0.6) is 0 Å². The number of aryl methyl sites for hydroxylation is 3. The molecule has 4 nitrogen and oxygen atoms in total. The average molecular weight is 269 g/mol. The average Bonchev–Trinajstić information content (AvgIpc) is 2.35. The third-order valence-electron chi connectivity index (χ3n) is 3.31. The van der Waals surface area contributed by atoms with Crippen LogP contribution in [0.2, 0.25) is 0 Å². The summed E-state index contributed by atoms with van der Waals surface area (Å²) < 4.78 is 0. The maximum Gasteiger partial charge on any atom is 0.250 e. The van der Waals surface area contributed by atoms with Gasteiger partial charge in [-0.1, -0.05) is 23.8 Å². The lowest BCUT2D eigenvalue weighted by molar-refractivity contribution is 0.100. The number of anilines is 3. The normalized spacial score (nSPS) is 10.3. The standard InChI is InChI=1S/C16H19N3O/c1-9-7-10(2)15(11(3)8-9)19-13-6-4-5-12(14(13)17)16(18)20/h4-8,19H,17H2,1-3H3,(H2,18,20). The summed E-state index contributed by atoms with van der Waals surface area (Å²) in [5.41, 5.74) is 17.2. The van der Waals surface area contributed by atoms with Crippen molar-refractivity contribution in [2.75, 3.05) is 11.1 Å². The Labute approximate surface area is 118 Å². The number of rotatable bonds is 3. The first-order valence-corrected chi connectivity index (χ1v) is 6.43. The molecular weight excluding hydrogens is 250 g/mol. The van der Waals surface area contributed by atoms with E-state index in [4.69, 9.17) is 11.5 Å². The molecule has 0 aliphatic heterocycles. The zero-order chi connectivity index (χ0) is 14.9. The Morgan fingerprint density at radius 2 is 1.70 bits per heavy atom. The highest BCUT2D eigenvalue weighted by molar-refractivity contribution is 6.01. The van der Waals surface area contributed by atoms with Crippen LogP contribution in [0.15, 0.2) is 30.3 Å². The topological polar surface area (TPSA) is 81.1 Å². The van der Waals surface area contributed by atoms with Crippen molar-refractivity contribution in [3.05, 3.63) is 52.6 Å². The molecule has 1 amide bonds. The Balaban J connectivity index is 2.46. The number of nitrogen functional groups attached to an aromatic ring is 1. The second kappa shape index (κ2) is 5.25. The minimum Gasteiger partial charge on any atom is -0.396 e. The molecule has 20 heavy (non-hydrogen) atoms. The SMILES string of the molecule is Cc1cc(C)c(Nc2cccc(C(N)=O)c2N)c(C)c1. The van der Waals surface area contributed by atoms with E-state index in [0.717, 1.165) is 16.8 Å². The van der Waals surface area contributed by atoms with Gasteiger partial charge in [-0.2, -0.15) is 0 Å². The number of para-hydroxylation sites is 1. The van der Waals surface area contributed by atoms with Crippen molar-refractivity contribution in [1.29, 1.82) is 0 Å². The first kappa shape index (κ1) is 13.9. The summed E-state index contributed by atoms with van der Waals surface area (Å²) in [6, 6.07) is 9.42. The fraction of sp³-hybridized carbons (Fsp3) is 0.188. The highest BCUT2D eigenvalue weighted by atomic mass is 16.1. The number of primary amides is 1. The molecule has 104 valence electrons. The van der Waals surface area contributed by atoms with Crippen LogP contribution in [-0.4, -0.2) is 5.91 Å². The van der Waals surface area contributed by atoms with Gasteiger partial charge in [-0.15, -0.1) is 0 Å². The van der Waals surface area contributed by atoms with E-state index in [0.29, 0.717) is 16.9 Å². The number of carbonyl (C=O) groups is 1. The maximum absolute atomic E-state index is 11.3. The molecule has 0 bridgehead atoms. The zero-order valence-corrected chi connectivity index (χ0v) is 11.9. The third kappa shape index (κ3) is 2.59. The van der Waals surface area contributed by atoms with E-state index in [1.54, 1.807) is 12.1 Å². The summed E-state index contributed by atoms with van der Waals surface area (Å²) >= 11 is 0. The molecule has 0 aliphatic rings. The molecule has 0 fully saturated rings. The van der Waals surface area contributed by atoms with Gasteiger partial charge in [-0.25, -0.2) is 0 Å². The zero-order valence-electron chi connectivity index (χ0n) is 11.9. The number of hydrogen-bond donors (Lipinski definition) is 3. The lowest BCUT2D eigenvalue weighted by Crippen LogP contribution is -2.14. The second-order valence-corrected chi connectivity index (χ2v) is 5.03. The van der Waals surface area contributed by atoms with Crippen molar-refractivity contribution in [2.45, 2.75) is 20.8 Å². The number of carbonyl (C=O) groups excluding carboxylic acids is 1. The number of benzene rings is 2. The molecule has 2 aromatic rings. The van der Waals surface area contributed by atoms with Gasteiger partial charge in [0, 0.05) is 5.69 Å². The number of hydrogen-bond acceptors (Lipinski definition) is 3. The van der Waals surface area contributed by atoms with Gasteiger partial charge in [-0.3, -0.25) is 4.79 Å². The predicted octanol–water partition coefficient (Wildman–Crippen LogP) is 3.04. The molecule has 2 rings (SSSR count). The molecule has 0 saturated carbocycles. The summed E-state index contributed by atoms with van der Waals surface area (Å²) in [6.07, 6.45) is 0. The summed E-state index contributed by atoms with van der Waals surface area (Å²) in [7, 11) is 0. The monoisotopic (exact) mass is 269 g/mol. The quantitative estimate of drug-likeness (QED) is 0.749. The number of nitrogens with one attached hydrogen (secondary N) is 1. The van der Waals surface area contributed by atoms with Crippen LogP contribution < -0.4 is 16.8 Å². The highest BCUT2D eigenvalue weighted by Gasteiger charge is 2.11. The Hall–Kier alpha value is -2.49. The van der Waals surface area contributed by atoms with Crippen molar-refractivity contribution < 1.29 is 4.79 Å². The lowest BCUT2D eigenvalue weighted by Gasteiger charge is -2.16. The molecule has 4 heteroatoms. The van der Waals surface area contributed by atoms with Gasteiger partial charge in [-0.05, 0) is 44.0 Å². The Morgan fingerprint density at radius 3 is 2.25 bits per heavy atom. The van der Waals surface area contributed by atoms with Gasteiger partial charge in [0.25, 0.3) is 5.91 Å². The molecule has 0 unspecified atom stereocenters. The second-order valence-electron chi connectivity index (χ2n) is 5.03. The Bertz CT molecular complexity index is 654. The largest absolute Gasteiger partial charge is 0.396 e. The molecule has 0 radical (unpaired) electrons. The van der Waals surface area contributed by atoms with Crippen molar-refractivity contribution in [3.8, 4) is 0 Å². The van der Waals surface area contributed by atoms with Crippen molar-refractivity contribution in [3.63, 3.8) is 0 Å². The van der Waals surface area contributed by atoms with Crippen LogP contribution in [0, 0.1) is 20.8 Å². The van der Waals surface area contributed by atoms with Crippen LogP contribution in [0.25, 0.3) is 0 Å². The number of nitrogens with two attached hydrogens (primary N) is 2. The minimum absolute atomic E-state index is 0.331. The van der Waals surface area contributed by atoms with E-state index < -0.39 is 5.91 Å². The van der Waals surface area contributed by atoms with Gasteiger partial charge in [0.2, 0.25) is 0 Å². The molecule has 0 aromatic heterocycles. The highest BCUT2D eigenvalue weighted by Crippen LogP contribution is 2.30. The summed E-state index contributed by atoms with van der Waals surface area (Å²) in [6.45, 7) is 6.14. The van der Waals surface area contributed by atoms with Gasteiger partial charge in [0.05, 0.1) is 16.9 Å². The fourth-order valence-corrected chi connectivity index (χ4v) is 2.40. The molecular formula is C16H19N3O. The molecule has 2 aromatic carbocycles. The maximum atomic E-state index is 11.3. The molecule has 5 N–H and O–H groups in total. The Morgan fingerprint density at radius 1 is 1.10 bits per heavy atom. The molecule has 0 saturated heterocycles. The summed E-state index contributed by atoms with van der Waals surface area (Å²) in [5, 5.41) is 3.30. The van der Waals surface area contributed by atoms with E-state index in [-0.39, 0.29) is 0 Å². The van der Waals surface area contributed by atoms with E-state index in [1.807, 2.05) is 19.9 Å². The predicted molar refractivity (Wildman–Crippen MR) is 83.3 cm³/mol. The first-order chi connectivity index (χ1) is 9.40. The van der Waals surface area contributed by atoms with Crippen LogP contribution in [0.1, 0.15) is 27.0 Å². The molecule has 0 heterocycles. The van der Waals surface area contributed by atoms with E-state index in [2.05, 4.69) is 24.4 Å². The van der Waals surface area contributed by atoms with Crippen molar-refractivity contribution >= 4 is 23.0 Å².